The van der Waals surface area contributed by atoms with Crippen LogP contribution in [0.1, 0.15) is 41.0 Å². The van der Waals surface area contributed by atoms with E-state index in [9.17, 15) is 9.59 Å². The van der Waals surface area contributed by atoms with Crippen LogP contribution in [0.5, 0.6) is 0 Å². The Bertz CT molecular complexity index is 641. The summed E-state index contributed by atoms with van der Waals surface area (Å²) in [5, 5.41) is 8.33. The summed E-state index contributed by atoms with van der Waals surface area (Å²) in [6.45, 7) is 2.42. The van der Waals surface area contributed by atoms with Crippen molar-refractivity contribution >= 4 is 34.8 Å². The predicted octanol–water partition coefficient (Wildman–Crippen LogP) is 3.79. The van der Waals surface area contributed by atoms with Gasteiger partial charge in [0.05, 0.1) is 6.04 Å². The Balaban J connectivity index is 1.65. The van der Waals surface area contributed by atoms with Crippen LogP contribution in [-0.2, 0) is 4.79 Å². The lowest BCUT2D eigenvalue weighted by atomic mass is 10.2. The van der Waals surface area contributed by atoms with E-state index in [-0.39, 0.29) is 17.9 Å². The van der Waals surface area contributed by atoms with Crippen LogP contribution in [-0.4, -0.2) is 18.4 Å². The third-order valence-corrected chi connectivity index (χ3v) is 4.63. The van der Waals surface area contributed by atoms with E-state index in [1.807, 2.05) is 24.4 Å². The zero-order valence-corrected chi connectivity index (χ0v) is 14.4. The van der Waals surface area contributed by atoms with Gasteiger partial charge in [0.2, 0.25) is 5.91 Å². The van der Waals surface area contributed by atoms with Crippen molar-refractivity contribution in [3.05, 3.63) is 57.2 Å². The summed E-state index contributed by atoms with van der Waals surface area (Å²) in [7, 11) is 0. The number of rotatable bonds is 7. The maximum absolute atomic E-state index is 11.9. The topological polar surface area (TPSA) is 58.2 Å². The highest BCUT2D eigenvalue weighted by Crippen LogP contribution is 2.18. The van der Waals surface area contributed by atoms with Gasteiger partial charge in [-0.25, -0.2) is 0 Å². The maximum Gasteiger partial charge on any atom is 0.251 e. The van der Waals surface area contributed by atoms with Gasteiger partial charge >= 0.3 is 0 Å². The SMILES string of the molecule is C[C@@H](NC(=O)CCCNC(=O)c1ccc(Cl)cc1)c1cccs1. The summed E-state index contributed by atoms with van der Waals surface area (Å²) in [5.74, 6) is -0.166. The molecule has 0 aliphatic heterocycles. The van der Waals surface area contributed by atoms with Crippen LogP contribution in [0, 0.1) is 0 Å². The van der Waals surface area contributed by atoms with Crippen LogP contribution in [0.4, 0.5) is 0 Å². The monoisotopic (exact) mass is 350 g/mol. The fourth-order valence-electron chi connectivity index (χ4n) is 2.08. The molecular weight excluding hydrogens is 332 g/mol. The van der Waals surface area contributed by atoms with Gasteiger partial charge in [0.25, 0.3) is 5.91 Å². The van der Waals surface area contributed by atoms with Crippen LogP contribution in [0.25, 0.3) is 0 Å². The molecule has 2 N–H and O–H groups in total. The molecule has 1 aromatic heterocycles. The maximum atomic E-state index is 11.9. The van der Waals surface area contributed by atoms with E-state index in [1.54, 1.807) is 35.6 Å². The van der Waals surface area contributed by atoms with E-state index >= 15 is 0 Å². The van der Waals surface area contributed by atoms with Crippen molar-refractivity contribution in [2.75, 3.05) is 6.54 Å². The van der Waals surface area contributed by atoms with Crippen LogP contribution >= 0.6 is 22.9 Å². The van der Waals surface area contributed by atoms with E-state index in [2.05, 4.69) is 10.6 Å². The van der Waals surface area contributed by atoms with E-state index in [0.717, 1.165) is 4.88 Å². The molecule has 0 unspecified atom stereocenters. The minimum atomic E-state index is -0.158. The van der Waals surface area contributed by atoms with Gasteiger partial charge < -0.3 is 10.6 Å². The molecule has 0 radical (unpaired) electrons. The molecule has 2 rings (SSSR count). The van der Waals surface area contributed by atoms with Gasteiger partial charge in [-0.3, -0.25) is 9.59 Å². The number of nitrogens with one attached hydrogen (secondary N) is 2. The van der Waals surface area contributed by atoms with Gasteiger partial charge in [-0.1, -0.05) is 17.7 Å². The van der Waals surface area contributed by atoms with Gasteiger partial charge in [0.1, 0.15) is 0 Å². The quantitative estimate of drug-likeness (QED) is 0.746. The Hall–Kier alpha value is -1.85. The molecule has 0 aliphatic rings. The van der Waals surface area contributed by atoms with Gasteiger partial charge in [0.15, 0.2) is 0 Å². The number of halogens is 1. The summed E-state index contributed by atoms with van der Waals surface area (Å²) in [4.78, 5) is 24.9. The lowest BCUT2D eigenvalue weighted by molar-refractivity contribution is -0.121. The summed E-state index contributed by atoms with van der Waals surface area (Å²) in [6, 6.07) is 10.7. The van der Waals surface area contributed by atoms with E-state index in [1.165, 1.54) is 0 Å². The Morgan fingerprint density at radius 3 is 2.61 bits per heavy atom. The number of hydrogen-bond donors (Lipinski definition) is 2. The molecule has 6 heteroatoms. The average Bonchev–Trinajstić information content (AvgIpc) is 3.06. The molecule has 0 spiro atoms. The number of hydrogen-bond acceptors (Lipinski definition) is 3. The van der Waals surface area contributed by atoms with Crippen molar-refractivity contribution in [1.82, 2.24) is 10.6 Å². The van der Waals surface area contributed by atoms with Gasteiger partial charge in [0, 0.05) is 28.4 Å². The largest absolute Gasteiger partial charge is 0.352 e. The smallest absolute Gasteiger partial charge is 0.251 e. The second-order valence-electron chi connectivity index (χ2n) is 5.17. The normalized spacial score (nSPS) is 11.7. The highest BCUT2D eigenvalue weighted by molar-refractivity contribution is 7.10. The van der Waals surface area contributed by atoms with Crippen LogP contribution in [0.15, 0.2) is 41.8 Å². The first-order valence-corrected chi connectivity index (χ1v) is 8.68. The molecule has 0 saturated heterocycles. The highest BCUT2D eigenvalue weighted by Gasteiger charge is 2.10. The fraction of sp³-hybridized carbons (Fsp3) is 0.294. The Kier molecular flexibility index (Phi) is 6.62. The van der Waals surface area contributed by atoms with Crippen molar-refractivity contribution in [3.63, 3.8) is 0 Å². The lowest BCUT2D eigenvalue weighted by Crippen LogP contribution is -2.28. The third kappa shape index (κ3) is 5.69. The summed E-state index contributed by atoms with van der Waals surface area (Å²) < 4.78 is 0. The zero-order valence-electron chi connectivity index (χ0n) is 12.8. The standard InChI is InChI=1S/C17H19ClN2O2S/c1-12(15-4-3-11-23-15)20-16(21)5-2-10-19-17(22)13-6-8-14(18)9-7-13/h3-4,6-9,11-12H,2,5,10H2,1H3,(H,19,22)(H,20,21)/t12-/m1/s1. The number of amides is 2. The first-order valence-electron chi connectivity index (χ1n) is 7.43. The van der Waals surface area contributed by atoms with Crippen LogP contribution in [0.3, 0.4) is 0 Å². The molecule has 0 saturated carbocycles. The summed E-state index contributed by atoms with van der Waals surface area (Å²) >= 11 is 7.40. The number of thiophene rings is 1. The lowest BCUT2D eigenvalue weighted by Gasteiger charge is -2.12. The Labute approximate surface area is 144 Å². The van der Waals surface area contributed by atoms with Crippen molar-refractivity contribution in [2.45, 2.75) is 25.8 Å². The summed E-state index contributed by atoms with van der Waals surface area (Å²) in [5.41, 5.74) is 0.560. The van der Waals surface area contributed by atoms with E-state index in [0.29, 0.717) is 30.0 Å². The molecule has 122 valence electrons. The molecule has 1 heterocycles. The second-order valence-corrected chi connectivity index (χ2v) is 6.59. The average molecular weight is 351 g/mol. The van der Waals surface area contributed by atoms with Gasteiger partial charge in [-0.05, 0) is 49.1 Å². The molecular formula is C17H19ClN2O2S. The summed E-state index contributed by atoms with van der Waals surface area (Å²) in [6.07, 6.45) is 0.985. The predicted molar refractivity (Wildman–Crippen MR) is 93.9 cm³/mol. The molecule has 1 aromatic carbocycles. The van der Waals surface area contributed by atoms with Crippen molar-refractivity contribution in [2.24, 2.45) is 0 Å². The third-order valence-electron chi connectivity index (χ3n) is 3.32. The minimum absolute atomic E-state index is 0.00774. The number of carbonyl (C=O) groups excluding carboxylic acids is 2. The van der Waals surface area contributed by atoms with Crippen molar-refractivity contribution in [1.29, 1.82) is 0 Å². The van der Waals surface area contributed by atoms with Crippen molar-refractivity contribution in [3.8, 4) is 0 Å². The molecule has 1 atom stereocenters. The van der Waals surface area contributed by atoms with Crippen LogP contribution < -0.4 is 10.6 Å². The van der Waals surface area contributed by atoms with E-state index < -0.39 is 0 Å². The van der Waals surface area contributed by atoms with Gasteiger partial charge in [-0.15, -0.1) is 11.3 Å². The molecule has 0 fully saturated rings. The Morgan fingerprint density at radius 2 is 1.96 bits per heavy atom. The first-order chi connectivity index (χ1) is 11.1. The molecule has 4 nitrogen and oxygen atoms in total. The second kappa shape index (κ2) is 8.70. The fourth-order valence-corrected chi connectivity index (χ4v) is 2.94. The first kappa shape index (κ1) is 17.5. The van der Waals surface area contributed by atoms with Gasteiger partial charge in [-0.2, -0.15) is 0 Å². The number of benzene rings is 1. The zero-order chi connectivity index (χ0) is 16.7. The number of carbonyl (C=O) groups is 2. The molecule has 0 aliphatic carbocycles. The molecule has 0 bridgehead atoms. The minimum Gasteiger partial charge on any atom is -0.352 e. The Morgan fingerprint density at radius 1 is 1.22 bits per heavy atom. The molecule has 23 heavy (non-hydrogen) atoms. The van der Waals surface area contributed by atoms with E-state index in [4.69, 9.17) is 11.6 Å². The van der Waals surface area contributed by atoms with Crippen LogP contribution in [0.2, 0.25) is 5.02 Å². The molecule has 2 amide bonds. The molecule has 2 aromatic rings. The van der Waals surface area contributed by atoms with Crippen molar-refractivity contribution < 1.29 is 9.59 Å². The highest BCUT2D eigenvalue weighted by atomic mass is 35.5.